The molecule has 6 aromatic heterocycles. The van der Waals surface area contributed by atoms with Crippen LogP contribution < -0.4 is 4.74 Å². The van der Waals surface area contributed by atoms with Gasteiger partial charge in [0.1, 0.15) is 91.8 Å². The Morgan fingerprint density at radius 3 is 0.738 bits per heavy atom. The Kier molecular flexibility index (Phi) is 18.7. The summed E-state index contributed by atoms with van der Waals surface area (Å²) in [4.78, 5) is 122. The first kappa shape index (κ1) is 68.1. The highest BCUT2D eigenvalue weighted by atomic mass is 35.5. The van der Waals surface area contributed by atoms with Crippen molar-refractivity contribution in [3.63, 3.8) is 0 Å². The Morgan fingerprint density at radius 1 is 0.271 bits per heavy atom. The molecule has 0 amide bonds. The number of fused-ring (bicyclic) bond motifs is 18. The summed E-state index contributed by atoms with van der Waals surface area (Å²) in [6.07, 6.45) is 0. The molecule has 0 atom stereocenters. The Bertz CT molecular complexity index is 6680. The lowest BCUT2D eigenvalue weighted by molar-refractivity contribution is 0.0464. The summed E-state index contributed by atoms with van der Waals surface area (Å²) >= 11 is 17.2. The predicted octanol–water partition coefficient (Wildman–Crippen LogP) is 16.5. The van der Waals surface area contributed by atoms with Gasteiger partial charge in [0.15, 0.2) is 6.07 Å². The average Bonchev–Trinajstić information content (AvgIpc) is 0.725. The first-order valence-corrected chi connectivity index (χ1v) is 34.3. The molecule has 0 bridgehead atoms. The lowest BCUT2D eigenvalue weighted by Gasteiger charge is -2.12. The number of benzene rings is 12. The number of ether oxygens (including phenoxy) is 4. The molecule has 0 saturated heterocycles. The molecule has 6 heterocycles. The minimum Gasteiger partial charge on any atom is -0.478 e. The number of esters is 3. The van der Waals surface area contributed by atoms with Gasteiger partial charge in [-0.2, -0.15) is 0 Å². The number of aromatic nitrogens is 12. The van der Waals surface area contributed by atoms with Gasteiger partial charge in [-0.1, -0.05) is 133 Å². The molecule has 0 aliphatic heterocycles. The number of carbonyl (C=O) groups is 5. The van der Waals surface area contributed by atoms with Gasteiger partial charge in [0.05, 0.1) is 89.5 Å². The van der Waals surface area contributed by atoms with Crippen molar-refractivity contribution in [1.82, 2.24) is 59.8 Å². The Morgan fingerprint density at radius 2 is 0.495 bits per heavy atom. The molecule has 22 nitrogen and oxygen atoms in total. The van der Waals surface area contributed by atoms with Crippen LogP contribution >= 0.6 is 34.8 Å². The van der Waals surface area contributed by atoms with Crippen LogP contribution in [0.5, 0.6) is 5.75 Å². The summed E-state index contributed by atoms with van der Waals surface area (Å²) in [5.41, 5.74) is 15.8. The van der Waals surface area contributed by atoms with Crippen LogP contribution in [-0.4, -0.2) is 99.4 Å². The van der Waals surface area contributed by atoms with Crippen LogP contribution in [0.1, 0.15) is 74.0 Å². The Labute approximate surface area is 618 Å². The van der Waals surface area contributed by atoms with E-state index in [0.717, 1.165) is 22.3 Å². The fourth-order valence-electron chi connectivity index (χ4n) is 12.1. The fraction of sp³-hybridized carbons (Fsp3) is 0.0610. The van der Waals surface area contributed by atoms with Crippen LogP contribution in [0.25, 0.3) is 132 Å². The van der Waals surface area contributed by atoms with E-state index in [1.54, 1.807) is 109 Å². The molecule has 0 aliphatic carbocycles. The number of hydrogen-bond donors (Lipinski definition) is 1. The van der Waals surface area contributed by atoms with Crippen molar-refractivity contribution < 1.29 is 48.0 Å². The van der Waals surface area contributed by atoms with Crippen LogP contribution in [0.15, 0.2) is 231 Å². The topological polar surface area (TPSA) is 297 Å². The average molecular weight is 1470 g/mol. The first-order valence-electron chi connectivity index (χ1n) is 33.1. The van der Waals surface area contributed by atoms with Crippen LogP contribution in [0.3, 0.4) is 0 Å². The number of nitrogens with zero attached hydrogens (tertiary/aromatic N) is 12. The Hall–Kier alpha value is -13.4. The number of alkyl halides is 1. The van der Waals surface area contributed by atoms with E-state index < -0.39 is 28.4 Å². The SMILES string of the molecule is O=C(Cl)c1ccc2nc3c4nc5ccc(OCCl)cc5nc4c4nc5cc(C(=O)Cl)ccc5nc4c3nc2c1.O=C(OCc1ccccc1)c1ccc2nc3c4nc5ccc(C(=O)OCc6ccccc6)cc5nc4c4nc5cc(C(=O)OCc6ccccc6)ccc5nc4c3nc2c1.OCc1ccccc1. The van der Waals surface area contributed by atoms with Crippen molar-refractivity contribution in [1.29, 1.82) is 0 Å². The molecule has 518 valence electrons. The second-order valence-corrected chi connectivity index (χ2v) is 25.2. The maximum Gasteiger partial charge on any atom is 0.338 e. The van der Waals surface area contributed by atoms with E-state index in [-0.39, 0.29) is 38.1 Å². The minimum atomic E-state index is -0.609. The molecular weight excluding hydrogens is 1420 g/mol. The molecule has 0 unspecified atom stereocenters. The molecule has 1 N–H and O–H groups in total. The van der Waals surface area contributed by atoms with Gasteiger partial charge in [-0.25, -0.2) is 74.2 Å². The van der Waals surface area contributed by atoms with E-state index in [4.69, 9.17) is 119 Å². The van der Waals surface area contributed by atoms with Crippen molar-refractivity contribution in [3.8, 4) is 5.75 Å². The number of carbonyl (C=O) groups excluding carboxylic acids is 5. The number of hydrogen-bond acceptors (Lipinski definition) is 22. The minimum absolute atomic E-state index is 0.0150. The zero-order chi connectivity index (χ0) is 73.2. The monoisotopic (exact) mass is 1470 g/mol. The second kappa shape index (κ2) is 29.4. The van der Waals surface area contributed by atoms with E-state index in [0.29, 0.717) is 160 Å². The third kappa shape index (κ3) is 14.1. The van der Waals surface area contributed by atoms with Crippen molar-refractivity contribution in [3.05, 3.63) is 281 Å². The molecule has 18 rings (SSSR count). The van der Waals surface area contributed by atoms with Crippen molar-refractivity contribution in [2.24, 2.45) is 0 Å². The predicted molar refractivity (Wildman–Crippen MR) is 407 cm³/mol. The quantitative estimate of drug-likeness (QED) is 0.0264. The lowest BCUT2D eigenvalue weighted by atomic mass is 10.1. The molecule has 18 aromatic rings. The smallest absolute Gasteiger partial charge is 0.338 e. The molecular formula is C82H49Cl3N12O10. The molecule has 107 heavy (non-hydrogen) atoms. The third-order valence-electron chi connectivity index (χ3n) is 17.3. The molecule has 0 saturated carbocycles. The van der Waals surface area contributed by atoms with Gasteiger partial charge in [-0.3, -0.25) is 9.59 Å². The number of rotatable bonds is 14. The summed E-state index contributed by atoms with van der Waals surface area (Å²) < 4.78 is 22.2. The van der Waals surface area contributed by atoms with Crippen LogP contribution in [0.4, 0.5) is 0 Å². The van der Waals surface area contributed by atoms with E-state index in [1.165, 1.54) is 0 Å². The van der Waals surface area contributed by atoms with Gasteiger partial charge in [0.2, 0.25) is 0 Å². The zero-order valence-corrected chi connectivity index (χ0v) is 57.9. The highest BCUT2D eigenvalue weighted by Gasteiger charge is 2.24. The van der Waals surface area contributed by atoms with Crippen molar-refractivity contribution >= 4 is 196 Å². The van der Waals surface area contributed by atoms with E-state index in [1.807, 2.05) is 121 Å². The highest BCUT2D eigenvalue weighted by molar-refractivity contribution is 6.68. The first-order chi connectivity index (χ1) is 52.3. The van der Waals surface area contributed by atoms with Gasteiger partial charge in [-0.05, 0) is 149 Å². The summed E-state index contributed by atoms with van der Waals surface area (Å²) in [7, 11) is 0. The maximum atomic E-state index is 13.2. The molecule has 0 radical (unpaired) electrons. The van der Waals surface area contributed by atoms with Crippen molar-refractivity contribution in [2.45, 2.75) is 26.4 Å². The normalized spacial score (nSPS) is 11.4. The number of aliphatic hydroxyl groups excluding tert-OH is 1. The molecule has 25 heteroatoms. The van der Waals surface area contributed by atoms with Gasteiger partial charge in [-0.15, -0.1) is 0 Å². The van der Waals surface area contributed by atoms with Gasteiger partial charge in [0, 0.05) is 17.2 Å². The molecule has 0 fully saturated rings. The zero-order valence-electron chi connectivity index (χ0n) is 55.6. The molecule has 0 spiro atoms. The summed E-state index contributed by atoms with van der Waals surface area (Å²) in [5, 5.41) is 7.32. The summed E-state index contributed by atoms with van der Waals surface area (Å²) in [6.45, 7) is 0.489. The summed E-state index contributed by atoms with van der Waals surface area (Å²) in [5.74, 6) is -0.993. The fourth-order valence-corrected chi connectivity index (χ4v) is 12.4. The third-order valence-corrected chi connectivity index (χ3v) is 17.9. The highest BCUT2D eigenvalue weighted by Crippen LogP contribution is 2.37. The van der Waals surface area contributed by atoms with Crippen molar-refractivity contribution in [2.75, 3.05) is 6.07 Å². The summed E-state index contributed by atoms with van der Waals surface area (Å²) in [6, 6.07) is 67.6. The Balaban J connectivity index is 0.000000159. The molecule has 12 aromatic carbocycles. The van der Waals surface area contributed by atoms with E-state index in [2.05, 4.69) is 0 Å². The van der Waals surface area contributed by atoms with Gasteiger partial charge >= 0.3 is 17.9 Å². The molecule has 0 aliphatic rings. The number of aliphatic hydroxyl groups is 1. The van der Waals surface area contributed by atoms with Crippen LogP contribution in [0.2, 0.25) is 0 Å². The van der Waals surface area contributed by atoms with Crippen LogP contribution in [-0.2, 0) is 40.6 Å². The van der Waals surface area contributed by atoms with E-state index in [9.17, 15) is 24.0 Å². The van der Waals surface area contributed by atoms with Gasteiger partial charge in [0.25, 0.3) is 10.5 Å². The standard InChI is InChI=1S/C48H30N6O6.C27H11Cl3N6O3.C7H8O/c55-46(58-25-28-10-4-1-5-11-28)31-16-19-34-37(22-31)52-43-40(49-34)41-44(53-38-23-32(17-20-35(38)50-41)47(56)59-26-29-12-6-2-7-13-29)45-42(43)51-36-21-18-33(24-39(36)54-45)48(57)60-27-30-14-8-3-9-15-30;28-10-39-13-3-6-16-19(9-13)36-25-21(33-16)20-23(34-17-7-11(26(29)37)1-4-14(17)31-20)22-24(25)35-18-8-12(27(30)38)2-5-15(18)32-22;8-6-7-4-2-1-3-5-7/h1-24H,25-27H2;1-9H,10H2;1-5,8H,6H2. The van der Waals surface area contributed by atoms with Crippen LogP contribution in [0, 0.1) is 0 Å². The largest absolute Gasteiger partial charge is 0.478 e. The maximum absolute atomic E-state index is 13.2. The van der Waals surface area contributed by atoms with E-state index >= 15 is 0 Å². The lowest BCUT2D eigenvalue weighted by Crippen LogP contribution is -2.06. The number of halogens is 3. The van der Waals surface area contributed by atoms with Gasteiger partial charge < -0.3 is 24.1 Å². The second-order valence-electron chi connectivity index (χ2n) is 24.3.